The van der Waals surface area contributed by atoms with Gasteiger partial charge in [0, 0.05) is 16.5 Å². The van der Waals surface area contributed by atoms with Crippen LogP contribution in [0.5, 0.6) is 5.75 Å². The molecule has 0 spiro atoms. The number of H-pyrrole nitrogens is 1. The summed E-state index contributed by atoms with van der Waals surface area (Å²) in [7, 11) is 1.61. The minimum absolute atomic E-state index is 0.101. The Morgan fingerprint density at radius 2 is 2.10 bits per heavy atom. The highest BCUT2D eigenvalue weighted by Gasteiger charge is 2.37. The first-order chi connectivity index (χ1) is 10.1. The Morgan fingerprint density at radius 3 is 2.71 bits per heavy atom. The van der Waals surface area contributed by atoms with Gasteiger partial charge >= 0.3 is 4.87 Å². The van der Waals surface area contributed by atoms with Crippen molar-refractivity contribution in [2.45, 2.75) is 10.9 Å². The lowest BCUT2D eigenvalue weighted by Gasteiger charge is -2.28. The van der Waals surface area contributed by atoms with Gasteiger partial charge < -0.3 is 15.5 Å². The number of thiazole rings is 1. The summed E-state index contributed by atoms with van der Waals surface area (Å²) in [5.41, 5.74) is 6.52. The van der Waals surface area contributed by atoms with Gasteiger partial charge in [0.25, 0.3) is 0 Å². The Balaban J connectivity index is 2.09. The summed E-state index contributed by atoms with van der Waals surface area (Å²) < 4.78 is 5.16. The van der Waals surface area contributed by atoms with Crippen LogP contribution in [0.25, 0.3) is 0 Å². The van der Waals surface area contributed by atoms with Crippen LogP contribution in [0.3, 0.4) is 0 Å². The third-order valence-electron chi connectivity index (χ3n) is 3.57. The zero-order chi connectivity index (χ0) is 15.0. The number of hydrogen-bond donors (Lipinski definition) is 2. The summed E-state index contributed by atoms with van der Waals surface area (Å²) in [6.45, 7) is 0. The molecule has 0 unspecified atom stereocenters. The summed E-state index contributed by atoms with van der Waals surface area (Å²) in [5.74, 6) is 0.499. The zero-order valence-electron chi connectivity index (χ0n) is 11.3. The molecule has 1 aromatic carbocycles. The van der Waals surface area contributed by atoms with E-state index in [4.69, 9.17) is 10.5 Å². The SMILES string of the molecule is COc1ccc([C@H]2c3sc(=O)[nH]c3SC[C@H]2C(N)=O)cc1. The normalized spacial score (nSPS) is 20.8. The molecule has 0 fully saturated rings. The molecule has 0 saturated carbocycles. The summed E-state index contributed by atoms with van der Waals surface area (Å²) in [6.07, 6.45) is 0. The van der Waals surface area contributed by atoms with Gasteiger partial charge in [0.15, 0.2) is 0 Å². The van der Waals surface area contributed by atoms with Crippen molar-refractivity contribution in [2.75, 3.05) is 12.9 Å². The van der Waals surface area contributed by atoms with Gasteiger partial charge in [-0.3, -0.25) is 9.59 Å². The Kier molecular flexibility index (Phi) is 3.77. The molecule has 7 heteroatoms. The number of hydrogen-bond acceptors (Lipinski definition) is 5. The predicted octanol–water partition coefficient (Wildman–Crippen LogP) is 1.78. The second-order valence-corrected chi connectivity index (χ2v) is 6.82. The molecule has 110 valence electrons. The predicted molar refractivity (Wildman–Crippen MR) is 83.2 cm³/mol. The summed E-state index contributed by atoms with van der Waals surface area (Å²) in [6, 6.07) is 7.54. The molecule has 2 heterocycles. The van der Waals surface area contributed by atoms with Crippen molar-refractivity contribution in [2.24, 2.45) is 11.7 Å². The van der Waals surface area contributed by atoms with Crippen molar-refractivity contribution in [3.8, 4) is 5.75 Å². The number of primary amides is 1. The number of aromatic nitrogens is 1. The molecule has 1 aromatic heterocycles. The lowest BCUT2D eigenvalue weighted by molar-refractivity contribution is -0.121. The van der Waals surface area contributed by atoms with Gasteiger partial charge in [-0.2, -0.15) is 0 Å². The van der Waals surface area contributed by atoms with E-state index in [-0.39, 0.29) is 22.6 Å². The molecule has 0 radical (unpaired) electrons. The molecule has 2 aromatic rings. The molecule has 2 atom stereocenters. The molecule has 3 N–H and O–H groups in total. The molecule has 0 aliphatic carbocycles. The lowest BCUT2D eigenvalue weighted by atomic mass is 9.85. The Labute approximate surface area is 129 Å². The maximum Gasteiger partial charge on any atom is 0.305 e. The van der Waals surface area contributed by atoms with E-state index < -0.39 is 0 Å². The fraction of sp³-hybridized carbons (Fsp3) is 0.286. The molecule has 1 aliphatic heterocycles. The van der Waals surface area contributed by atoms with E-state index in [9.17, 15) is 9.59 Å². The number of methoxy groups -OCH3 is 1. The van der Waals surface area contributed by atoms with Crippen molar-refractivity contribution in [3.05, 3.63) is 44.4 Å². The number of nitrogens with one attached hydrogen (secondary N) is 1. The largest absolute Gasteiger partial charge is 0.497 e. The van der Waals surface area contributed by atoms with Crippen LogP contribution in [0.2, 0.25) is 0 Å². The second kappa shape index (κ2) is 5.57. The fourth-order valence-electron chi connectivity index (χ4n) is 2.53. The Hall–Kier alpha value is -1.73. The van der Waals surface area contributed by atoms with Gasteiger partial charge in [-0.25, -0.2) is 0 Å². The van der Waals surface area contributed by atoms with Gasteiger partial charge in [0.1, 0.15) is 5.75 Å². The van der Waals surface area contributed by atoms with Gasteiger partial charge in [-0.05, 0) is 17.7 Å². The topological polar surface area (TPSA) is 85.2 Å². The zero-order valence-corrected chi connectivity index (χ0v) is 12.9. The quantitative estimate of drug-likeness (QED) is 0.902. The van der Waals surface area contributed by atoms with Gasteiger partial charge in [0.2, 0.25) is 5.91 Å². The molecule has 0 saturated heterocycles. The first-order valence-electron chi connectivity index (χ1n) is 6.39. The first kappa shape index (κ1) is 14.2. The number of benzene rings is 1. The van der Waals surface area contributed by atoms with Crippen molar-refractivity contribution in [1.82, 2.24) is 4.98 Å². The van der Waals surface area contributed by atoms with Gasteiger partial charge in [-0.15, -0.1) is 11.8 Å². The number of aromatic amines is 1. The number of fused-ring (bicyclic) bond motifs is 1. The van der Waals surface area contributed by atoms with E-state index >= 15 is 0 Å². The smallest absolute Gasteiger partial charge is 0.305 e. The molecular weight excluding hydrogens is 308 g/mol. The molecule has 1 aliphatic rings. The maximum absolute atomic E-state index is 11.8. The highest BCUT2D eigenvalue weighted by molar-refractivity contribution is 7.99. The maximum atomic E-state index is 11.8. The summed E-state index contributed by atoms with van der Waals surface area (Å²) in [4.78, 5) is 27.0. The van der Waals surface area contributed by atoms with E-state index in [1.807, 2.05) is 24.3 Å². The Morgan fingerprint density at radius 1 is 1.38 bits per heavy atom. The van der Waals surface area contributed by atoms with E-state index in [0.29, 0.717) is 5.75 Å². The molecule has 1 amide bonds. The second-order valence-electron chi connectivity index (χ2n) is 4.78. The third kappa shape index (κ3) is 2.58. The number of rotatable bonds is 3. The number of nitrogens with two attached hydrogens (primary N) is 1. The summed E-state index contributed by atoms with van der Waals surface area (Å²) in [5, 5.41) is 0.850. The number of carbonyl (C=O) groups excluding carboxylic acids is 1. The monoisotopic (exact) mass is 322 g/mol. The number of thioether (sulfide) groups is 1. The molecular formula is C14H14N2O3S2. The van der Waals surface area contributed by atoms with Crippen molar-refractivity contribution in [1.29, 1.82) is 0 Å². The fourth-order valence-corrected chi connectivity index (χ4v) is 4.96. The average molecular weight is 322 g/mol. The van der Waals surface area contributed by atoms with Crippen molar-refractivity contribution >= 4 is 29.0 Å². The average Bonchev–Trinajstić information content (AvgIpc) is 2.86. The van der Waals surface area contributed by atoms with Crippen LogP contribution < -0.4 is 15.3 Å². The first-order valence-corrected chi connectivity index (χ1v) is 8.19. The van der Waals surface area contributed by atoms with E-state index in [2.05, 4.69) is 4.98 Å². The van der Waals surface area contributed by atoms with Crippen molar-refractivity contribution < 1.29 is 9.53 Å². The summed E-state index contributed by atoms with van der Waals surface area (Å²) >= 11 is 2.63. The standard InChI is InChI=1S/C14H14N2O3S2/c1-19-8-4-2-7(3-5-8)10-9(12(15)17)6-20-13-11(10)21-14(18)16-13/h2-5,9-10H,6H2,1H3,(H2,15,17)(H,16,18)/t9-,10-/m1/s1. The van der Waals surface area contributed by atoms with E-state index in [0.717, 1.165) is 32.6 Å². The number of amides is 1. The van der Waals surface area contributed by atoms with Gasteiger partial charge in [0.05, 0.1) is 18.1 Å². The van der Waals surface area contributed by atoms with E-state index in [1.54, 1.807) is 7.11 Å². The molecule has 5 nitrogen and oxygen atoms in total. The highest BCUT2D eigenvalue weighted by Crippen LogP contribution is 2.45. The molecule has 0 bridgehead atoms. The van der Waals surface area contributed by atoms with Crippen LogP contribution in [0.1, 0.15) is 16.4 Å². The molecule has 3 rings (SSSR count). The van der Waals surface area contributed by atoms with Crippen LogP contribution in [0, 0.1) is 5.92 Å². The van der Waals surface area contributed by atoms with Gasteiger partial charge in [-0.1, -0.05) is 23.5 Å². The van der Waals surface area contributed by atoms with Crippen LogP contribution in [-0.2, 0) is 4.79 Å². The Bertz CT molecular complexity index is 721. The number of ether oxygens (including phenoxy) is 1. The van der Waals surface area contributed by atoms with Crippen LogP contribution in [0.15, 0.2) is 34.1 Å². The van der Waals surface area contributed by atoms with Crippen LogP contribution in [0.4, 0.5) is 0 Å². The third-order valence-corrected chi connectivity index (χ3v) is 5.81. The highest BCUT2D eigenvalue weighted by atomic mass is 32.2. The van der Waals surface area contributed by atoms with Crippen LogP contribution in [-0.4, -0.2) is 23.8 Å². The van der Waals surface area contributed by atoms with E-state index in [1.165, 1.54) is 11.8 Å². The van der Waals surface area contributed by atoms with Crippen molar-refractivity contribution in [3.63, 3.8) is 0 Å². The lowest BCUT2D eigenvalue weighted by Crippen LogP contribution is -2.33. The minimum Gasteiger partial charge on any atom is -0.497 e. The molecule has 21 heavy (non-hydrogen) atoms. The minimum atomic E-state index is -0.338. The van der Waals surface area contributed by atoms with Crippen LogP contribution >= 0.6 is 23.1 Å². The number of carbonyl (C=O) groups is 1.